The summed E-state index contributed by atoms with van der Waals surface area (Å²) in [6, 6.07) is 15.4. The van der Waals surface area contributed by atoms with Crippen LogP contribution in [0, 0.1) is 11.3 Å². The second-order valence-corrected chi connectivity index (χ2v) is 6.60. The zero-order valence-corrected chi connectivity index (χ0v) is 14.2. The second-order valence-electron chi connectivity index (χ2n) is 6.60. The normalized spacial score (nSPS) is 16.0. The summed E-state index contributed by atoms with van der Waals surface area (Å²) in [6.07, 6.45) is 1.30. The minimum atomic E-state index is -0.0925. The predicted molar refractivity (Wildman–Crippen MR) is 97.0 cm³/mol. The second kappa shape index (κ2) is 6.16. The van der Waals surface area contributed by atoms with Crippen molar-refractivity contribution >= 4 is 11.8 Å². The van der Waals surface area contributed by atoms with Gasteiger partial charge in [-0.2, -0.15) is 5.26 Å². The highest BCUT2D eigenvalue weighted by atomic mass is 16.2. The first kappa shape index (κ1) is 16.1. The fraction of sp³-hybridized carbons (Fsp3) is 0.190. The van der Waals surface area contributed by atoms with E-state index in [9.17, 15) is 9.59 Å². The number of hydrogen-bond donors (Lipinski definition) is 0. The summed E-state index contributed by atoms with van der Waals surface area (Å²) < 4.78 is 0. The summed E-state index contributed by atoms with van der Waals surface area (Å²) >= 11 is 0. The van der Waals surface area contributed by atoms with Crippen molar-refractivity contribution in [3.05, 3.63) is 71.8 Å². The smallest absolute Gasteiger partial charge is 0.254 e. The Balaban J connectivity index is 1.55. The van der Waals surface area contributed by atoms with E-state index < -0.39 is 0 Å². The molecule has 4 rings (SSSR count). The summed E-state index contributed by atoms with van der Waals surface area (Å²) in [4.78, 5) is 28.0. The van der Waals surface area contributed by atoms with Crippen molar-refractivity contribution in [2.45, 2.75) is 12.6 Å². The highest BCUT2D eigenvalue weighted by molar-refractivity contribution is 6.00. The average molecular weight is 343 g/mol. The van der Waals surface area contributed by atoms with E-state index in [1.54, 1.807) is 11.0 Å². The Kier molecular flexibility index (Phi) is 3.81. The number of nitriles is 1. The SMILES string of the molecule is C=CC(=O)N1CC(N2Cc3ccc(-c4cccc(C#N)c4)cc3C2=O)C1. The van der Waals surface area contributed by atoms with E-state index >= 15 is 0 Å². The van der Waals surface area contributed by atoms with Gasteiger partial charge in [-0.1, -0.05) is 30.8 Å². The maximum absolute atomic E-state index is 12.8. The van der Waals surface area contributed by atoms with Gasteiger partial charge >= 0.3 is 0 Å². The van der Waals surface area contributed by atoms with Gasteiger partial charge in [-0.3, -0.25) is 9.59 Å². The molecule has 0 unspecified atom stereocenters. The van der Waals surface area contributed by atoms with Crippen molar-refractivity contribution in [3.8, 4) is 17.2 Å². The van der Waals surface area contributed by atoms with Crippen LogP contribution >= 0.6 is 0 Å². The van der Waals surface area contributed by atoms with Crippen LogP contribution in [0.25, 0.3) is 11.1 Å². The number of likely N-dealkylation sites (tertiary alicyclic amines) is 1. The molecule has 2 aromatic rings. The molecular formula is C21H17N3O2. The maximum atomic E-state index is 12.8. The Morgan fingerprint density at radius 2 is 1.96 bits per heavy atom. The number of carbonyl (C=O) groups is 2. The molecular weight excluding hydrogens is 326 g/mol. The van der Waals surface area contributed by atoms with Crippen molar-refractivity contribution < 1.29 is 9.59 Å². The summed E-state index contributed by atoms with van der Waals surface area (Å²) in [6.45, 7) is 5.18. The Labute approximate surface area is 151 Å². The maximum Gasteiger partial charge on any atom is 0.254 e. The monoisotopic (exact) mass is 343 g/mol. The van der Waals surface area contributed by atoms with Gasteiger partial charge in [0.2, 0.25) is 5.91 Å². The zero-order valence-electron chi connectivity index (χ0n) is 14.2. The molecule has 0 bridgehead atoms. The van der Waals surface area contributed by atoms with E-state index in [0.717, 1.165) is 16.7 Å². The van der Waals surface area contributed by atoms with Crippen LogP contribution in [0.5, 0.6) is 0 Å². The summed E-state index contributed by atoms with van der Waals surface area (Å²) in [5.74, 6) is -0.0842. The van der Waals surface area contributed by atoms with Gasteiger partial charge in [0, 0.05) is 25.2 Å². The molecule has 0 spiro atoms. The van der Waals surface area contributed by atoms with Gasteiger partial charge in [0.05, 0.1) is 17.7 Å². The summed E-state index contributed by atoms with van der Waals surface area (Å²) in [5.41, 5.74) is 4.15. The van der Waals surface area contributed by atoms with E-state index in [1.807, 2.05) is 41.3 Å². The van der Waals surface area contributed by atoms with Crippen LogP contribution in [-0.2, 0) is 11.3 Å². The Bertz CT molecular complexity index is 967. The number of carbonyl (C=O) groups excluding carboxylic acids is 2. The predicted octanol–water partition coefficient (Wildman–Crippen LogP) is 2.58. The molecule has 2 aromatic carbocycles. The largest absolute Gasteiger partial charge is 0.335 e. The van der Waals surface area contributed by atoms with Crippen molar-refractivity contribution in [2.24, 2.45) is 0 Å². The molecule has 0 radical (unpaired) electrons. The van der Waals surface area contributed by atoms with E-state index in [4.69, 9.17) is 5.26 Å². The number of amides is 2. The molecule has 0 aromatic heterocycles. The van der Waals surface area contributed by atoms with E-state index in [0.29, 0.717) is 30.8 Å². The van der Waals surface area contributed by atoms with Gasteiger partial charge in [0.25, 0.3) is 5.91 Å². The van der Waals surface area contributed by atoms with Gasteiger partial charge in [0.1, 0.15) is 0 Å². The molecule has 0 N–H and O–H groups in total. The third-order valence-corrected chi connectivity index (χ3v) is 5.06. The molecule has 0 aliphatic carbocycles. The molecule has 2 aliphatic rings. The number of benzene rings is 2. The van der Waals surface area contributed by atoms with Crippen molar-refractivity contribution in [1.29, 1.82) is 5.26 Å². The number of nitrogens with zero attached hydrogens (tertiary/aromatic N) is 3. The molecule has 0 saturated carbocycles. The Hall–Kier alpha value is -3.39. The third-order valence-electron chi connectivity index (χ3n) is 5.06. The van der Waals surface area contributed by atoms with Crippen LogP contribution in [0.3, 0.4) is 0 Å². The summed E-state index contributed by atoms with van der Waals surface area (Å²) in [5, 5.41) is 9.07. The van der Waals surface area contributed by atoms with Gasteiger partial charge in [-0.15, -0.1) is 0 Å². The summed E-state index contributed by atoms with van der Waals surface area (Å²) in [7, 11) is 0. The molecule has 1 fully saturated rings. The van der Waals surface area contributed by atoms with Crippen LogP contribution in [0.15, 0.2) is 55.1 Å². The molecule has 0 atom stereocenters. The molecule has 1 saturated heterocycles. The minimum Gasteiger partial charge on any atom is -0.335 e. The molecule has 2 aliphatic heterocycles. The highest BCUT2D eigenvalue weighted by Crippen LogP contribution is 2.31. The lowest BCUT2D eigenvalue weighted by atomic mass is 9.99. The quantitative estimate of drug-likeness (QED) is 0.805. The molecule has 26 heavy (non-hydrogen) atoms. The molecule has 5 heteroatoms. The lowest BCUT2D eigenvalue weighted by molar-refractivity contribution is -0.132. The average Bonchev–Trinajstić information content (AvgIpc) is 2.96. The zero-order chi connectivity index (χ0) is 18.3. The Morgan fingerprint density at radius 3 is 2.69 bits per heavy atom. The first-order valence-electron chi connectivity index (χ1n) is 8.46. The van der Waals surface area contributed by atoms with E-state index in [1.165, 1.54) is 6.08 Å². The minimum absolute atomic E-state index is 0.00832. The molecule has 2 amide bonds. The molecule has 5 nitrogen and oxygen atoms in total. The standard InChI is InChI=1S/C21H17N3O2/c1-2-20(25)23-12-18(13-23)24-11-17-7-6-16(9-19(17)21(24)26)15-5-3-4-14(8-15)10-22/h2-9,18H,1,11-13H2. The lowest BCUT2D eigenvalue weighted by Gasteiger charge is -2.43. The van der Waals surface area contributed by atoms with Crippen LogP contribution in [0.2, 0.25) is 0 Å². The van der Waals surface area contributed by atoms with Gasteiger partial charge in [-0.05, 0) is 41.0 Å². The first-order chi connectivity index (χ1) is 12.6. The van der Waals surface area contributed by atoms with Crippen LogP contribution in [0.1, 0.15) is 21.5 Å². The number of hydrogen-bond acceptors (Lipinski definition) is 3. The third kappa shape index (κ3) is 2.56. The molecule has 128 valence electrons. The topological polar surface area (TPSA) is 64.4 Å². The van der Waals surface area contributed by atoms with Gasteiger partial charge in [-0.25, -0.2) is 0 Å². The number of fused-ring (bicyclic) bond motifs is 1. The van der Waals surface area contributed by atoms with Crippen LogP contribution < -0.4 is 0 Å². The highest BCUT2D eigenvalue weighted by Gasteiger charge is 2.40. The lowest BCUT2D eigenvalue weighted by Crippen LogP contribution is -2.60. The molecule has 2 heterocycles. The van der Waals surface area contributed by atoms with Crippen molar-refractivity contribution in [1.82, 2.24) is 9.80 Å². The van der Waals surface area contributed by atoms with E-state index in [2.05, 4.69) is 12.6 Å². The van der Waals surface area contributed by atoms with Gasteiger partial charge < -0.3 is 9.80 Å². The van der Waals surface area contributed by atoms with Gasteiger partial charge in [0.15, 0.2) is 0 Å². The van der Waals surface area contributed by atoms with E-state index in [-0.39, 0.29) is 17.9 Å². The first-order valence-corrected chi connectivity index (χ1v) is 8.46. The van der Waals surface area contributed by atoms with Crippen LogP contribution in [-0.4, -0.2) is 40.7 Å². The number of rotatable bonds is 3. The van der Waals surface area contributed by atoms with Crippen molar-refractivity contribution in [2.75, 3.05) is 13.1 Å². The van der Waals surface area contributed by atoms with Crippen LogP contribution in [0.4, 0.5) is 0 Å². The van der Waals surface area contributed by atoms with Crippen molar-refractivity contribution in [3.63, 3.8) is 0 Å². The Morgan fingerprint density at radius 1 is 1.19 bits per heavy atom. The fourth-order valence-corrected chi connectivity index (χ4v) is 3.53. The fourth-order valence-electron chi connectivity index (χ4n) is 3.53.